The van der Waals surface area contributed by atoms with Crippen molar-refractivity contribution in [1.29, 1.82) is 0 Å². The molecule has 0 saturated carbocycles. The molecule has 1 atom stereocenters. The van der Waals surface area contributed by atoms with E-state index in [0.717, 1.165) is 43.9 Å². The van der Waals surface area contributed by atoms with Gasteiger partial charge in [0.25, 0.3) is 5.56 Å². The predicted octanol–water partition coefficient (Wildman–Crippen LogP) is 2.96. The number of nitrogens with zero attached hydrogens (tertiary/aromatic N) is 2. The first-order valence-corrected chi connectivity index (χ1v) is 11.7. The molecule has 1 unspecified atom stereocenters. The van der Waals surface area contributed by atoms with Crippen molar-refractivity contribution < 1.29 is 23.7 Å². The smallest absolute Gasteiger partial charge is 0.329 e. The largest absolute Gasteiger partial charge is 0.493 e. The van der Waals surface area contributed by atoms with E-state index < -0.39 is 5.69 Å². The molecule has 2 aromatic carbocycles. The van der Waals surface area contributed by atoms with Crippen molar-refractivity contribution >= 4 is 23.3 Å². The van der Waals surface area contributed by atoms with Crippen molar-refractivity contribution in [1.82, 2.24) is 14.5 Å². The zero-order chi connectivity index (χ0) is 24.4. The van der Waals surface area contributed by atoms with Crippen LogP contribution in [0, 0.1) is 0 Å². The molecule has 0 spiro atoms. The highest BCUT2D eigenvalue weighted by molar-refractivity contribution is 5.85. The van der Waals surface area contributed by atoms with Crippen LogP contribution in [0.4, 0.5) is 0 Å². The minimum Gasteiger partial charge on any atom is -0.493 e. The van der Waals surface area contributed by atoms with Crippen LogP contribution in [0.1, 0.15) is 25.3 Å². The summed E-state index contributed by atoms with van der Waals surface area (Å²) in [4.78, 5) is 31.3. The van der Waals surface area contributed by atoms with E-state index in [1.807, 2.05) is 18.2 Å². The molecule has 2 aliphatic rings. The molecule has 3 aromatic rings. The summed E-state index contributed by atoms with van der Waals surface area (Å²) >= 11 is 0. The second-order valence-corrected chi connectivity index (χ2v) is 8.67. The maximum Gasteiger partial charge on any atom is 0.329 e. The first-order valence-electron chi connectivity index (χ1n) is 11.7. The number of halogens is 1. The van der Waals surface area contributed by atoms with Crippen molar-refractivity contribution in [3.63, 3.8) is 0 Å². The molecule has 36 heavy (non-hydrogen) atoms. The van der Waals surface area contributed by atoms with E-state index in [2.05, 4.69) is 9.88 Å². The van der Waals surface area contributed by atoms with E-state index >= 15 is 0 Å². The second kappa shape index (κ2) is 11.1. The molecule has 0 amide bonds. The zero-order valence-corrected chi connectivity index (χ0v) is 21.1. The van der Waals surface area contributed by atoms with Crippen molar-refractivity contribution in [2.24, 2.45) is 0 Å². The third-order valence-corrected chi connectivity index (χ3v) is 6.51. The number of methoxy groups -OCH3 is 2. The monoisotopic (exact) mass is 519 g/mol. The van der Waals surface area contributed by atoms with Gasteiger partial charge in [0.05, 0.1) is 37.8 Å². The van der Waals surface area contributed by atoms with Gasteiger partial charge in [0.1, 0.15) is 5.75 Å². The summed E-state index contributed by atoms with van der Waals surface area (Å²) in [6.45, 7) is 3.16. The standard InChI is InChI=1S/C25H29N3O7.ClH/c1-31-21-12-18-19(13-22(21)32-2)26-25(30)28(24(18)29)16-5-3-8-27(14-16)9-4-10-33-17-6-7-20-23(11-17)35-15-34-20;/h6-7,11-13,16H,3-5,8-10,14-15H2,1-2H3,(H,26,30);1H. The van der Waals surface area contributed by atoms with Gasteiger partial charge in [0.2, 0.25) is 6.79 Å². The SMILES string of the molecule is COc1cc2[nH]c(=O)n(C3CCCN(CCCOc4ccc5c(c4)OCO5)C3)c(=O)c2cc1OC.Cl. The molecule has 2 aliphatic heterocycles. The van der Waals surface area contributed by atoms with Crippen LogP contribution in [0.25, 0.3) is 10.9 Å². The number of piperidine rings is 1. The molecule has 0 bridgehead atoms. The summed E-state index contributed by atoms with van der Waals surface area (Å²) in [6, 6.07) is 8.59. The summed E-state index contributed by atoms with van der Waals surface area (Å²) in [5.74, 6) is 3.08. The van der Waals surface area contributed by atoms with Gasteiger partial charge in [-0.15, -0.1) is 12.4 Å². The summed E-state index contributed by atoms with van der Waals surface area (Å²) in [5.41, 5.74) is -0.294. The minimum absolute atomic E-state index is 0. The molecule has 1 N–H and O–H groups in total. The molecule has 10 nitrogen and oxygen atoms in total. The molecule has 194 valence electrons. The molecule has 0 aliphatic carbocycles. The second-order valence-electron chi connectivity index (χ2n) is 8.67. The average Bonchev–Trinajstić information content (AvgIpc) is 3.34. The molecule has 1 fully saturated rings. The maximum absolute atomic E-state index is 13.3. The maximum atomic E-state index is 13.3. The zero-order valence-electron chi connectivity index (χ0n) is 20.3. The number of fused-ring (bicyclic) bond motifs is 2. The molecule has 11 heteroatoms. The summed E-state index contributed by atoms with van der Waals surface area (Å²) in [5, 5.41) is 0.400. The fourth-order valence-corrected chi connectivity index (χ4v) is 4.78. The van der Waals surface area contributed by atoms with Crippen LogP contribution >= 0.6 is 12.4 Å². The van der Waals surface area contributed by atoms with Crippen molar-refractivity contribution in [3.05, 3.63) is 51.2 Å². The lowest BCUT2D eigenvalue weighted by Gasteiger charge is -2.33. The summed E-state index contributed by atoms with van der Waals surface area (Å²) < 4.78 is 28.6. The van der Waals surface area contributed by atoms with Crippen LogP contribution in [0.2, 0.25) is 0 Å². The summed E-state index contributed by atoms with van der Waals surface area (Å²) in [6.07, 6.45) is 2.50. The Balaban J connectivity index is 0.00000304. The number of likely N-dealkylation sites (tertiary alicyclic amines) is 1. The highest BCUT2D eigenvalue weighted by Crippen LogP contribution is 2.35. The van der Waals surface area contributed by atoms with Crippen molar-refractivity contribution in [3.8, 4) is 28.7 Å². The molecular formula is C25H30ClN3O7. The van der Waals surface area contributed by atoms with E-state index in [4.69, 9.17) is 23.7 Å². The number of rotatable bonds is 8. The molecular weight excluding hydrogens is 490 g/mol. The molecule has 0 radical (unpaired) electrons. The van der Waals surface area contributed by atoms with E-state index in [1.54, 1.807) is 12.1 Å². The Kier molecular flexibility index (Phi) is 7.95. The first kappa shape index (κ1) is 25.7. The van der Waals surface area contributed by atoms with Gasteiger partial charge in [-0.3, -0.25) is 9.36 Å². The van der Waals surface area contributed by atoms with Gasteiger partial charge in [-0.05, 0) is 44.0 Å². The molecule has 1 aromatic heterocycles. The third-order valence-electron chi connectivity index (χ3n) is 6.51. The Hall–Kier alpha value is -3.37. The summed E-state index contributed by atoms with van der Waals surface area (Å²) in [7, 11) is 3.03. The Morgan fingerprint density at radius 3 is 2.64 bits per heavy atom. The number of hydrogen-bond donors (Lipinski definition) is 1. The van der Waals surface area contributed by atoms with Crippen LogP contribution in [0.3, 0.4) is 0 Å². The topological polar surface area (TPSA) is 104 Å². The molecule has 1 saturated heterocycles. The van der Waals surface area contributed by atoms with E-state index in [-0.39, 0.29) is 30.8 Å². The van der Waals surface area contributed by atoms with Crippen LogP contribution in [0.5, 0.6) is 28.7 Å². The lowest BCUT2D eigenvalue weighted by Crippen LogP contribution is -2.45. The fourth-order valence-electron chi connectivity index (χ4n) is 4.78. The number of nitrogens with one attached hydrogen (secondary N) is 1. The van der Waals surface area contributed by atoms with Gasteiger partial charge < -0.3 is 33.6 Å². The van der Waals surface area contributed by atoms with Crippen molar-refractivity contribution in [2.45, 2.75) is 25.3 Å². The number of benzene rings is 2. The highest BCUT2D eigenvalue weighted by Gasteiger charge is 2.25. The van der Waals surface area contributed by atoms with Gasteiger partial charge >= 0.3 is 5.69 Å². The van der Waals surface area contributed by atoms with Gasteiger partial charge in [-0.1, -0.05) is 0 Å². The van der Waals surface area contributed by atoms with Crippen LogP contribution < -0.4 is 34.9 Å². The van der Waals surface area contributed by atoms with Crippen molar-refractivity contribution in [2.75, 3.05) is 47.3 Å². The van der Waals surface area contributed by atoms with Gasteiger partial charge in [-0.25, -0.2) is 4.79 Å². The lowest BCUT2D eigenvalue weighted by atomic mass is 10.0. The Morgan fingerprint density at radius 2 is 1.83 bits per heavy atom. The van der Waals surface area contributed by atoms with Gasteiger partial charge in [-0.2, -0.15) is 0 Å². The first-order chi connectivity index (χ1) is 17.1. The van der Waals surface area contributed by atoms with Gasteiger partial charge in [0, 0.05) is 25.2 Å². The predicted molar refractivity (Wildman–Crippen MR) is 137 cm³/mol. The van der Waals surface area contributed by atoms with E-state index in [1.165, 1.54) is 18.8 Å². The average molecular weight is 520 g/mol. The number of H-pyrrole nitrogens is 1. The fraction of sp³-hybridized carbons (Fsp3) is 0.440. The van der Waals surface area contributed by atoms with Crippen LogP contribution in [-0.4, -0.2) is 61.7 Å². The number of ether oxygens (including phenoxy) is 5. The molecule has 5 rings (SSSR count). The Morgan fingerprint density at radius 1 is 1.06 bits per heavy atom. The number of aromatic nitrogens is 2. The lowest BCUT2D eigenvalue weighted by molar-refractivity contribution is 0.161. The van der Waals surface area contributed by atoms with Gasteiger partial charge in [0.15, 0.2) is 23.0 Å². The quantitative estimate of drug-likeness (QED) is 0.453. The van der Waals surface area contributed by atoms with E-state index in [9.17, 15) is 9.59 Å². The third kappa shape index (κ3) is 5.10. The van der Waals surface area contributed by atoms with Crippen LogP contribution in [0.15, 0.2) is 39.9 Å². The number of hydrogen-bond acceptors (Lipinski definition) is 8. The Bertz CT molecular complexity index is 1340. The highest BCUT2D eigenvalue weighted by atomic mass is 35.5. The molecule has 3 heterocycles. The number of aromatic amines is 1. The minimum atomic E-state index is -0.410. The van der Waals surface area contributed by atoms with Crippen LogP contribution in [-0.2, 0) is 0 Å². The normalized spacial score (nSPS) is 17.0. The van der Waals surface area contributed by atoms with E-state index in [0.29, 0.717) is 41.3 Å². The Labute approximate surface area is 214 Å².